The first kappa shape index (κ1) is 18.7. The summed E-state index contributed by atoms with van der Waals surface area (Å²) in [6.45, 7) is 15.9. The van der Waals surface area contributed by atoms with E-state index >= 15 is 0 Å². The molecule has 1 saturated carbocycles. The molecule has 0 saturated heterocycles. The molecule has 2 aliphatic rings. The fraction of sp³-hybridized carbons (Fsp3) is 0.636. The van der Waals surface area contributed by atoms with Gasteiger partial charge in [0.15, 0.2) is 8.32 Å². The molecular formula is C22H34O2Si. The van der Waals surface area contributed by atoms with Crippen molar-refractivity contribution < 1.29 is 9.16 Å². The third-order valence-electron chi connectivity index (χ3n) is 6.96. The van der Waals surface area contributed by atoms with Gasteiger partial charge in [-0.15, -0.1) is 6.58 Å². The van der Waals surface area contributed by atoms with Crippen LogP contribution in [0.4, 0.5) is 0 Å². The maximum Gasteiger partial charge on any atom is 0.192 e. The van der Waals surface area contributed by atoms with E-state index in [-0.39, 0.29) is 5.04 Å². The Morgan fingerprint density at radius 3 is 2.52 bits per heavy atom. The Labute approximate surface area is 154 Å². The second-order valence-corrected chi connectivity index (χ2v) is 14.2. The Morgan fingerprint density at radius 2 is 1.92 bits per heavy atom. The van der Waals surface area contributed by atoms with Gasteiger partial charge in [-0.05, 0) is 66.4 Å². The van der Waals surface area contributed by atoms with Gasteiger partial charge in [0.25, 0.3) is 0 Å². The van der Waals surface area contributed by atoms with Gasteiger partial charge in [-0.2, -0.15) is 0 Å². The predicted molar refractivity (Wildman–Crippen MR) is 108 cm³/mol. The van der Waals surface area contributed by atoms with Crippen molar-refractivity contribution >= 4 is 8.32 Å². The number of ether oxygens (including phenoxy) is 1. The molecule has 0 heterocycles. The first-order valence-corrected chi connectivity index (χ1v) is 12.5. The first-order chi connectivity index (χ1) is 11.7. The number of benzene rings is 1. The highest BCUT2D eigenvalue weighted by Gasteiger charge is 2.48. The highest BCUT2D eigenvalue weighted by atomic mass is 28.4. The molecule has 4 atom stereocenters. The molecule has 0 aliphatic heterocycles. The van der Waals surface area contributed by atoms with Crippen LogP contribution in [-0.2, 0) is 17.3 Å². The van der Waals surface area contributed by atoms with Crippen LogP contribution in [0.15, 0.2) is 30.9 Å². The highest BCUT2D eigenvalue weighted by Crippen LogP contribution is 2.50. The number of hydrogen-bond acceptors (Lipinski definition) is 2. The first-order valence-electron chi connectivity index (χ1n) is 9.63. The molecule has 0 amide bonds. The normalized spacial score (nSPS) is 29.0. The van der Waals surface area contributed by atoms with Crippen molar-refractivity contribution in [3.05, 3.63) is 42.0 Å². The van der Waals surface area contributed by atoms with Crippen molar-refractivity contribution in [1.29, 1.82) is 0 Å². The third-order valence-corrected chi connectivity index (χ3v) is 11.5. The summed E-state index contributed by atoms with van der Waals surface area (Å²) in [5, 5.41) is 0.249. The summed E-state index contributed by atoms with van der Waals surface area (Å²) >= 11 is 0. The molecule has 25 heavy (non-hydrogen) atoms. The van der Waals surface area contributed by atoms with Crippen LogP contribution in [0, 0.1) is 17.8 Å². The molecule has 0 N–H and O–H groups in total. The minimum atomic E-state index is -1.76. The van der Waals surface area contributed by atoms with Crippen LogP contribution < -0.4 is 4.74 Å². The zero-order valence-corrected chi connectivity index (χ0v) is 17.8. The molecule has 2 aliphatic carbocycles. The topological polar surface area (TPSA) is 18.5 Å². The van der Waals surface area contributed by atoms with Gasteiger partial charge in [0.1, 0.15) is 5.75 Å². The fourth-order valence-corrected chi connectivity index (χ4v) is 5.87. The molecule has 0 spiro atoms. The van der Waals surface area contributed by atoms with E-state index in [0.717, 1.165) is 25.0 Å². The lowest BCUT2D eigenvalue weighted by Gasteiger charge is -2.40. The molecule has 0 radical (unpaired) electrons. The Kier molecular flexibility index (Phi) is 4.93. The smallest absolute Gasteiger partial charge is 0.192 e. The van der Waals surface area contributed by atoms with Crippen molar-refractivity contribution in [2.45, 2.75) is 64.3 Å². The molecule has 1 aromatic rings. The molecule has 3 rings (SSSR count). The summed E-state index contributed by atoms with van der Waals surface area (Å²) in [5.74, 6) is 2.87. The molecule has 0 unspecified atom stereocenters. The Hall–Kier alpha value is -1.06. The van der Waals surface area contributed by atoms with E-state index < -0.39 is 8.32 Å². The SMILES string of the molecule is C=C[C@@H]1[C@H]2Cc3cccc(OC)c3C[C@H]2C[C@H]1O[Si](C)(C)C(C)(C)C. The largest absolute Gasteiger partial charge is 0.496 e. The number of rotatable bonds is 4. The zero-order chi connectivity index (χ0) is 18.4. The lowest BCUT2D eigenvalue weighted by Crippen LogP contribution is -2.45. The van der Waals surface area contributed by atoms with Gasteiger partial charge in [-0.3, -0.25) is 0 Å². The summed E-state index contributed by atoms with van der Waals surface area (Å²) in [5.41, 5.74) is 2.88. The van der Waals surface area contributed by atoms with Crippen LogP contribution in [0.25, 0.3) is 0 Å². The summed E-state index contributed by atoms with van der Waals surface area (Å²) in [6, 6.07) is 6.50. The number of methoxy groups -OCH3 is 1. The molecular weight excluding hydrogens is 324 g/mol. The van der Waals surface area contributed by atoms with Crippen LogP contribution >= 0.6 is 0 Å². The minimum Gasteiger partial charge on any atom is -0.496 e. The standard InChI is InChI=1S/C22H34O2Si/c1-8-17-18-12-15-10-9-11-20(23-5)19(15)13-16(18)14-21(17)24-25(6,7)22(2,3)4/h8-11,16-18,21H,1,12-14H2,2-7H3/t16-,17+,18-,21+/m0/s1. The lowest BCUT2D eigenvalue weighted by molar-refractivity contribution is 0.149. The fourth-order valence-electron chi connectivity index (χ4n) is 4.51. The van der Waals surface area contributed by atoms with Crippen LogP contribution in [0.5, 0.6) is 5.75 Å². The van der Waals surface area contributed by atoms with E-state index in [2.05, 4.69) is 64.7 Å². The van der Waals surface area contributed by atoms with E-state index in [9.17, 15) is 0 Å². The summed E-state index contributed by atoms with van der Waals surface area (Å²) in [4.78, 5) is 0. The van der Waals surface area contributed by atoms with Gasteiger partial charge in [0, 0.05) is 5.92 Å². The van der Waals surface area contributed by atoms with Gasteiger partial charge >= 0.3 is 0 Å². The van der Waals surface area contributed by atoms with Crippen molar-refractivity contribution in [3.8, 4) is 5.75 Å². The second kappa shape index (κ2) is 6.59. The Balaban J connectivity index is 1.84. The molecule has 138 valence electrons. The van der Waals surface area contributed by atoms with Crippen molar-refractivity contribution in [1.82, 2.24) is 0 Å². The van der Waals surface area contributed by atoms with Crippen LogP contribution in [-0.4, -0.2) is 21.5 Å². The van der Waals surface area contributed by atoms with E-state index in [4.69, 9.17) is 9.16 Å². The van der Waals surface area contributed by atoms with Crippen molar-refractivity contribution in [2.24, 2.45) is 17.8 Å². The zero-order valence-electron chi connectivity index (χ0n) is 16.8. The van der Waals surface area contributed by atoms with E-state index in [0.29, 0.717) is 23.9 Å². The minimum absolute atomic E-state index is 0.249. The molecule has 1 fully saturated rings. The van der Waals surface area contributed by atoms with Gasteiger partial charge in [0.05, 0.1) is 13.2 Å². The average molecular weight is 359 g/mol. The van der Waals surface area contributed by atoms with Crippen molar-refractivity contribution in [2.75, 3.05) is 7.11 Å². The van der Waals surface area contributed by atoms with Crippen LogP contribution in [0.3, 0.4) is 0 Å². The summed E-state index contributed by atoms with van der Waals surface area (Å²) in [7, 11) is 0.0216. The molecule has 3 heteroatoms. The monoisotopic (exact) mass is 358 g/mol. The Bertz CT molecular complexity index is 644. The van der Waals surface area contributed by atoms with E-state index in [1.165, 1.54) is 11.1 Å². The van der Waals surface area contributed by atoms with Gasteiger partial charge < -0.3 is 9.16 Å². The number of fused-ring (bicyclic) bond motifs is 2. The van der Waals surface area contributed by atoms with Gasteiger partial charge in [-0.25, -0.2) is 0 Å². The third kappa shape index (κ3) is 3.33. The maximum absolute atomic E-state index is 6.85. The maximum atomic E-state index is 6.85. The van der Waals surface area contributed by atoms with Crippen molar-refractivity contribution in [3.63, 3.8) is 0 Å². The Morgan fingerprint density at radius 1 is 1.20 bits per heavy atom. The molecule has 0 bridgehead atoms. The van der Waals surface area contributed by atoms with Crippen LogP contribution in [0.1, 0.15) is 38.3 Å². The van der Waals surface area contributed by atoms with E-state index in [1.54, 1.807) is 7.11 Å². The number of hydrogen-bond donors (Lipinski definition) is 0. The molecule has 2 nitrogen and oxygen atoms in total. The summed E-state index contributed by atoms with van der Waals surface area (Å²) < 4.78 is 12.5. The van der Waals surface area contributed by atoms with E-state index in [1.807, 2.05) is 0 Å². The highest BCUT2D eigenvalue weighted by molar-refractivity contribution is 6.74. The molecule has 0 aromatic heterocycles. The quantitative estimate of drug-likeness (QED) is 0.513. The average Bonchev–Trinajstić information content (AvgIpc) is 2.86. The summed E-state index contributed by atoms with van der Waals surface area (Å²) in [6.07, 6.45) is 5.91. The van der Waals surface area contributed by atoms with Gasteiger partial charge in [-0.1, -0.05) is 39.0 Å². The molecule has 1 aromatic carbocycles. The van der Waals surface area contributed by atoms with Crippen LogP contribution in [0.2, 0.25) is 18.1 Å². The lowest BCUT2D eigenvalue weighted by atomic mass is 9.74. The second-order valence-electron chi connectivity index (χ2n) is 9.40. The predicted octanol–water partition coefficient (Wildman–Crippen LogP) is 5.62. The van der Waals surface area contributed by atoms with Gasteiger partial charge in [0.2, 0.25) is 0 Å².